The van der Waals surface area contributed by atoms with Crippen LogP contribution in [0.4, 0.5) is 0 Å². The number of hydrogen-bond acceptors (Lipinski definition) is 3. The molecule has 2 atom stereocenters. The van der Waals surface area contributed by atoms with Crippen molar-refractivity contribution in [2.75, 3.05) is 20.1 Å². The maximum absolute atomic E-state index is 3.68. The van der Waals surface area contributed by atoms with E-state index in [0.29, 0.717) is 6.04 Å². The molecule has 2 heterocycles. The molecular formula is C12H19BrN2S. The first-order chi connectivity index (χ1) is 7.65. The molecular weight excluding hydrogens is 284 g/mol. The minimum Gasteiger partial charge on any atom is -0.309 e. The molecule has 1 N–H and O–H groups in total. The molecule has 0 aromatic carbocycles. The Kier molecular flexibility index (Phi) is 4.41. The van der Waals surface area contributed by atoms with E-state index < -0.39 is 0 Å². The second-order valence-electron chi connectivity index (χ2n) is 4.75. The second-order valence-corrected chi connectivity index (χ2v) is 6.66. The average Bonchev–Trinajstić information content (AvgIpc) is 2.63. The molecule has 0 aliphatic carbocycles. The lowest BCUT2D eigenvalue weighted by Crippen LogP contribution is -2.46. The monoisotopic (exact) mass is 302 g/mol. The molecule has 0 radical (unpaired) electrons. The van der Waals surface area contributed by atoms with Gasteiger partial charge in [0.15, 0.2) is 0 Å². The van der Waals surface area contributed by atoms with Crippen LogP contribution in [0.25, 0.3) is 0 Å². The molecule has 0 saturated carbocycles. The Balaban J connectivity index is 1.81. The Morgan fingerprint density at radius 2 is 2.44 bits per heavy atom. The summed E-state index contributed by atoms with van der Waals surface area (Å²) in [6.07, 6.45) is 1.27. The molecule has 2 nitrogen and oxygen atoms in total. The first-order valence-corrected chi connectivity index (χ1v) is 7.47. The van der Waals surface area contributed by atoms with Gasteiger partial charge in [0.25, 0.3) is 0 Å². The van der Waals surface area contributed by atoms with Gasteiger partial charge in [0.2, 0.25) is 0 Å². The lowest BCUT2D eigenvalue weighted by atomic mass is 9.94. The van der Waals surface area contributed by atoms with Gasteiger partial charge in [0.05, 0.1) is 0 Å². The molecule has 0 amide bonds. The third-order valence-corrected chi connectivity index (χ3v) is 4.97. The number of nitrogens with one attached hydrogen (secondary N) is 1. The first-order valence-electron chi connectivity index (χ1n) is 5.80. The number of thiophene rings is 1. The number of rotatable bonds is 3. The highest BCUT2D eigenvalue weighted by atomic mass is 79.9. The third kappa shape index (κ3) is 3.29. The van der Waals surface area contributed by atoms with E-state index in [1.54, 1.807) is 0 Å². The van der Waals surface area contributed by atoms with Crippen LogP contribution in [0.1, 0.15) is 18.2 Å². The number of halogens is 1. The molecule has 1 aromatic heterocycles. The summed E-state index contributed by atoms with van der Waals surface area (Å²) < 4.78 is 1.20. The number of likely N-dealkylation sites (tertiary alicyclic amines) is 1. The van der Waals surface area contributed by atoms with Gasteiger partial charge in [-0.25, -0.2) is 0 Å². The van der Waals surface area contributed by atoms with Crippen LogP contribution in [-0.2, 0) is 6.54 Å². The van der Waals surface area contributed by atoms with Crippen molar-refractivity contribution in [3.05, 3.63) is 20.8 Å². The number of piperidine rings is 1. The Hall–Kier alpha value is 0.1000. The molecule has 1 saturated heterocycles. The summed E-state index contributed by atoms with van der Waals surface area (Å²) in [7, 11) is 2.21. The van der Waals surface area contributed by atoms with Crippen LogP contribution in [0.3, 0.4) is 0 Å². The molecule has 1 aliphatic rings. The fourth-order valence-corrected chi connectivity index (χ4v) is 3.74. The molecule has 1 aromatic rings. The second kappa shape index (κ2) is 5.63. The van der Waals surface area contributed by atoms with Gasteiger partial charge < -0.3 is 10.2 Å². The van der Waals surface area contributed by atoms with Crippen molar-refractivity contribution in [2.24, 2.45) is 5.92 Å². The van der Waals surface area contributed by atoms with Crippen molar-refractivity contribution in [1.82, 2.24) is 10.2 Å². The quantitative estimate of drug-likeness (QED) is 0.923. The molecule has 1 fully saturated rings. The molecule has 0 spiro atoms. The Labute approximate surface area is 110 Å². The predicted molar refractivity (Wildman–Crippen MR) is 73.9 cm³/mol. The van der Waals surface area contributed by atoms with Gasteiger partial charge in [-0.15, -0.1) is 11.3 Å². The van der Waals surface area contributed by atoms with Gasteiger partial charge in [-0.05, 0) is 47.9 Å². The van der Waals surface area contributed by atoms with Crippen LogP contribution in [0, 0.1) is 5.92 Å². The molecule has 2 rings (SSSR count). The van der Waals surface area contributed by atoms with Gasteiger partial charge in [-0.2, -0.15) is 0 Å². The molecule has 0 bridgehead atoms. The van der Waals surface area contributed by atoms with E-state index in [9.17, 15) is 0 Å². The van der Waals surface area contributed by atoms with Crippen molar-refractivity contribution in [2.45, 2.75) is 25.9 Å². The van der Waals surface area contributed by atoms with Crippen LogP contribution in [0.5, 0.6) is 0 Å². The van der Waals surface area contributed by atoms with Crippen LogP contribution in [-0.4, -0.2) is 31.1 Å². The van der Waals surface area contributed by atoms with Crippen molar-refractivity contribution in [3.63, 3.8) is 0 Å². The van der Waals surface area contributed by atoms with Crippen LogP contribution in [0.15, 0.2) is 15.9 Å². The van der Waals surface area contributed by atoms with E-state index in [-0.39, 0.29) is 0 Å². The number of nitrogens with zero attached hydrogens (tertiary/aromatic N) is 1. The van der Waals surface area contributed by atoms with Gasteiger partial charge in [0.1, 0.15) is 0 Å². The zero-order valence-corrected chi connectivity index (χ0v) is 12.3. The normalized spacial score (nSPS) is 27.2. The molecule has 2 unspecified atom stereocenters. The highest BCUT2D eigenvalue weighted by molar-refractivity contribution is 9.10. The minimum atomic E-state index is 0.678. The van der Waals surface area contributed by atoms with Gasteiger partial charge >= 0.3 is 0 Å². The van der Waals surface area contributed by atoms with E-state index in [1.165, 1.54) is 28.9 Å². The Morgan fingerprint density at radius 3 is 3.06 bits per heavy atom. The van der Waals surface area contributed by atoms with E-state index >= 15 is 0 Å². The smallest absolute Gasteiger partial charge is 0.0302 e. The zero-order valence-electron chi connectivity index (χ0n) is 9.87. The topological polar surface area (TPSA) is 15.3 Å². The lowest BCUT2D eigenvalue weighted by molar-refractivity contribution is 0.174. The molecule has 4 heteroatoms. The maximum atomic E-state index is 3.68. The van der Waals surface area contributed by atoms with E-state index in [2.05, 4.69) is 51.6 Å². The maximum Gasteiger partial charge on any atom is 0.0302 e. The van der Waals surface area contributed by atoms with Crippen molar-refractivity contribution >= 4 is 27.3 Å². The van der Waals surface area contributed by atoms with Crippen molar-refractivity contribution in [1.29, 1.82) is 0 Å². The number of hydrogen-bond donors (Lipinski definition) is 1. The van der Waals surface area contributed by atoms with Gasteiger partial charge in [0, 0.05) is 33.9 Å². The zero-order chi connectivity index (χ0) is 11.5. The summed E-state index contributed by atoms with van der Waals surface area (Å²) in [6.45, 7) is 5.79. The first kappa shape index (κ1) is 12.6. The SMILES string of the molecule is CC1CN(C)CCC1NCc1cc(Br)cs1. The van der Waals surface area contributed by atoms with E-state index in [4.69, 9.17) is 0 Å². The summed E-state index contributed by atoms with van der Waals surface area (Å²) in [5, 5.41) is 5.83. The average molecular weight is 303 g/mol. The summed E-state index contributed by atoms with van der Waals surface area (Å²) in [5.41, 5.74) is 0. The Bertz CT molecular complexity index is 340. The predicted octanol–water partition coefficient (Wildman–Crippen LogP) is 2.94. The van der Waals surface area contributed by atoms with Crippen LogP contribution < -0.4 is 5.32 Å². The molecule has 16 heavy (non-hydrogen) atoms. The summed E-state index contributed by atoms with van der Waals surface area (Å²) in [4.78, 5) is 3.84. The standard InChI is InChI=1S/C12H19BrN2S/c1-9-7-15(2)4-3-12(9)14-6-11-5-10(13)8-16-11/h5,8-9,12,14H,3-4,6-7H2,1-2H3. The minimum absolute atomic E-state index is 0.678. The van der Waals surface area contributed by atoms with E-state index in [1.807, 2.05) is 11.3 Å². The molecule has 90 valence electrons. The summed E-state index contributed by atoms with van der Waals surface area (Å²) >= 11 is 5.31. The van der Waals surface area contributed by atoms with Crippen LogP contribution >= 0.6 is 27.3 Å². The fraction of sp³-hybridized carbons (Fsp3) is 0.667. The Morgan fingerprint density at radius 1 is 1.62 bits per heavy atom. The van der Waals surface area contributed by atoms with Gasteiger partial charge in [-0.3, -0.25) is 0 Å². The van der Waals surface area contributed by atoms with Crippen molar-refractivity contribution < 1.29 is 0 Å². The van der Waals surface area contributed by atoms with E-state index in [0.717, 1.165) is 12.5 Å². The highest BCUT2D eigenvalue weighted by Crippen LogP contribution is 2.21. The molecule has 1 aliphatic heterocycles. The highest BCUT2D eigenvalue weighted by Gasteiger charge is 2.23. The van der Waals surface area contributed by atoms with Crippen molar-refractivity contribution in [3.8, 4) is 0 Å². The van der Waals surface area contributed by atoms with Crippen LogP contribution in [0.2, 0.25) is 0 Å². The fourth-order valence-electron chi connectivity index (χ4n) is 2.34. The largest absolute Gasteiger partial charge is 0.309 e. The third-order valence-electron chi connectivity index (χ3n) is 3.27. The van der Waals surface area contributed by atoms with Gasteiger partial charge in [-0.1, -0.05) is 6.92 Å². The summed E-state index contributed by atoms with van der Waals surface area (Å²) in [5.74, 6) is 0.752. The summed E-state index contributed by atoms with van der Waals surface area (Å²) in [6, 6.07) is 2.88. The lowest BCUT2D eigenvalue weighted by Gasteiger charge is -2.35.